The summed E-state index contributed by atoms with van der Waals surface area (Å²) in [7, 11) is 0. The summed E-state index contributed by atoms with van der Waals surface area (Å²) in [5.41, 5.74) is 0.663. The topological polar surface area (TPSA) is 49.5 Å². The fraction of sp³-hybridized carbons (Fsp3) is 0.700. The number of aromatic nitrogens is 1. The number of oxazole rings is 1. The van der Waals surface area contributed by atoms with Gasteiger partial charge < -0.3 is 9.52 Å². The highest BCUT2D eigenvalue weighted by Crippen LogP contribution is 2.18. The highest BCUT2D eigenvalue weighted by Gasteiger charge is 2.31. The molecule has 98 valence electrons. The molecule has 4 nitrogen and oxygen atoms in total. The molecule has 17 heavy (non-hydrogen) atoms. The van der Waals surface area contributed by atoms with E-state index in [4.69, 9.17) is 9.52 Å². The van der Waals surface area contributed by atoms with Crippen LogP contribution < -0.4 is 0 Å². The normalized spacial score (nSPS) is 12.4. The maximum Gasteiger partial charge on any atom is 0.401 e. The molecule has 1 heterocycles. The van der Waals surface area contributed by atoms with Gasteiger partial charge in [0.25, 0.3) is 0 Å². The molecule has 7 heteroatoms. The average Bonchev–Trinajstić information content (AvgIpc) is 2.43. The van der Waals surface area contributed by atoms with Gasteiger partial charge in [0.15, 0.2) is 0 Å². The van der Waals surface area contributed by atoms with Crippen LogP contribution >= 0.6 is 0 Å². The number of nitrogens with zero attached hydrogens (tertiary/aromatic N) is 2. The Bertz CT molecular complexity index is 343. The molecule has 0 bridgehead atoms. The van der Waals surface area contributed by atoms with Gasteiger partial charge in [0.1, 0.15) is 5.76 Å². The second kappa shape index (κ2) is 5.50. The van der Waals surface area contributed by atoms with E-state index in [1.54, 1.807) is 13.8 Å². The van der Waals surface area contributed by atoms with Gasteiger partial charge in [-0.2, -0.15) is 13.2 Å². The Morgan fingerprint density at radius 2 is 2.00 bits per heavy atom. The number of hydrogen-bond donors (Lipinski definition) is 1. The van der Waals surface area contributed by atoms with Crippen molar-refractivity contribution in [1.29, 1.82) is 0 Å². The van der Waals surface area contributed by atoms with E-state index in [-0.39, 0.29) is 25.6 Å². The first kappa shape index (κ1) is 14.0. The zero-order chi connectivity index (χ0) is 13.1. The van der Waals surface area contributed by atoms with Gasteiger partial charge in [0, 0.05) is 6.54 Å². The smallest absolute Gasteiger partial charge is 0.401 e. The molecule has 0 aromatic carbocycles. The zero-order valence-electron chi connectivity index (χ0n) is 9.71. The Labute approximate surface area is 97.1 Å². The predicted octanol–water partition coefficient (Wildman–Crippen LogP) is 1.65. The minimum atomic E-state index is -4.30. The van der Waals surface area contributed by atoms with Crippen LogP contribution in [0.25, 0.3) is 0 Å². The SMILES string of the molecule is Cc1nc(CN(CCO)CC(F)(F)F)oc1C. The molecule has 1 aromatic heterocycles. The molecule has 0 spiro atoms. The third-order valence-corrected chi connectivity index (χ3v) is 2.25. The van der Waals surface area contributed by atoms with Crippen molar-refractivity contribution in [2.24, 2.45) is 0 Å². The van der Waals surface area contributed by atoms with E-state index in [0.717, 1.165) is 4.90 Å². The van der Waals surface area contributed by atoms with Crippen molar-refractivity contribution in [3.63, 3.8) is 0 Å². The largest absolute Gasteiger partial charge is 0.444 e. The summed E-state index contributed by atoms with van der Waals surface area (Å²) in [6.07, 6.45) is -4.30. The van der Waals surface area contributed by atoms with Crippen LogP contribution in [-0.2, 0) is 6.54 Å². The number of aryl methyl sites for hydroxylation is 2. The summed E-state index contributed by atoms with van der Waals surface area (Å²) in [6, 6.07) is 0. The molecule has 0 aliphatic heterocycles. The molecular formula is C10H15F3N2O2. The van der Waals surface area contributed by atoms with Crippen molar-refractivity contribution in [3.8, 4) is 0 Å². The summed E-state index contributed by atoms with van der Waals surface area (Å²) in [4.78, 5) is 5.05. The third kappa shape index (κ3) is 4.74. The summed E-state index contributed by atoms with van der Waals surface area (Å²) in [5.74, 6) is 0.827. The van der Waals surface area contributed by atoms with Crippen LogP contribution in [0, 0.1) is 13.8 Å². The van der Waals surface area contributed by atoms with E-state index in [1.165, 1.54) is 0 Å². The summed E-state index contributed by atoms with van der Waals surface area (Å²) in [6.45, 7) is 1.87. The van der Waals surface area contributed by atoms with Gasteiger partial charge in [-0.15, -0.1) is 0 Å². The second-order valence-electron chi connectivity index (χ2n) is 3.80. The summed E-state index contributed by atoms with van der Waals surface area (Å²) in [5, 5.41) is 8.71. The van der Waals surface area contributed by atoms with E-state index >= 15 is 0 Å². The van der Waals surface area contributed by atoms with E-state index in [9.17, 15) is 13.2 Å². The second-order valence-corrected chi connectivity index (χ2v) is 3.80. The van der Waals surface area contributed by atoms with Gasteiger partial charge in [-0.3, -0.25) is 4.90 Å². The van der Waals surface area contributed by atoms with Gasteiger partial charge in [0.2, 0.25) is 5.89 Å². The average molecular weight is 252 g/mol. The van der Waals surface area contributed by atoms with Crippen LogP contribution in [0.4, 0.5) is 13.2 Å². The van der Waals surface area contributed by atoms with Crippen LogP contribution in [-0.4, -0.2) is 40.9 Å². The Hall–Kier alpha value is -1.08. The molecule has 0 unspecified atom stereocenters. The van der Waals surface area contributed by atoms with Crippen molar-refractivity contribution in [1.82, 2.24) is 9.88 Å². The Morgan fingerprint density at radius 3 is 2.41 bits per heavy atom. The fourth-order valence-electron chi connectivity index (χ4n) is 1.41. The maximum atomic E-state index is 12.2. The molecule has 0 saturated heterocycles. The van der Waals surface area contributed by atoms with Crippen LogP contribution in [0.1, 0.15) is 17.3 Å². The lowest BCUT2D eigenvalue weighted by molar-refractivity contribution is -0.148. The van der Waals surface area contributed by atoms with Gasteiger partial charge >= 0.3 is 6.18 Å². The number of halogens is 3. The van der Waals surface area contributed by atoms with E-state index in [2.05, 4.69) is 4.98 Å². The Morgan fingerprint density at radius 1 is 1.35 bits per heavy atom. The lowest BCUT2D eigenvalue weighted by atomic mass is 10.4. The lowest BCUT2D eigenvalue weighted by Crippen LogP contribution is -2.35. The molecule has 1 rings (SSSR count). The standard InChI is InChI=1S/C10H15F3N2O2/c1-7-8(2)17-9(14-7)5-15(3-4-16)6-10(11,12)13/h16H,3-6H2,1-2H3. The molecule has 0 fully saturated rings. The third-order valence-electron chi connectivity index (χ3n) is 2.25. The molecule has 0 atom stereocenters. The minimum Gasteiger partial charge on any atom is -0.444 e. The van der Waals surface area contributed by atoms with Gasteiger partial charge in [0.05, 0.1) is 25.4 Å². The van der Waals surface area contributed by atoms with E-state index in [0.29, 0.717) is 11.5 Å². The monoisotopic (exact) mass is 252 g/mol. The number of rotatable bonds is 5. The molecular weight excluding hydrogens is 237 g/mol. The zero-order valence-corrected chi connectivity index (χ0v) is 9.71. The lowest BCUT2D eigenvalue weighted by Gasteiger charge is -2.20. The van der Waals surface area contributed by atoms with Crippen LogP contribution in [0.3, 0.4) is 0 Å². The van der Waals surface area contributed by atoms with E-state index in [1.807, 2.05) is 0 Å². The number of aliphatic hydroxyl groups is 1. The molecule has 1 N–H and O–H groups in total. The van der Waals surface area contributed by atoms with Crippen LogP contribution in [0.15, 0.2) is 4.42 Å². The number of alkyl halides is 3. The molecule has 1 aromatic rings. The van der Waals surface area contributed by atoms with E-state index < -0.39 is 12.7 Å². The van der Waals surface area contributed by atoms with Crippen molar-refractivity contribution in [2.75, 3.05) is 19.7 Å². The molecule has 0 aliphatic carbocycles. The highest BCUT2D eigenvalue weighted by molar-refractivity contribution is 5.05. The molecule has 0 saturated carbocycles. The minimum absolute atomic E-state index is 0.0608. The van der Waals surface area contributed by atoms with Crippen molar-refractivity contribution in [3.05, 3.63) is 17.3 Å². The van der Waals surface area contributed by atoms with Crippen molar-refractivity contribution in [2.45, 2.75) is 26.6 Å². The number of hydrogen-bond acceptors (Lipinski definition) is 4. The highest BCUT2D eigenvalue weighted by atomic mass is 19.4. The first-order valence-corrected chi connectivity index (χ1v) is 5.14. The quantitative estimate of drug-likeness (QED) is 0.865. The van der Waals surface area contributed by atoms with Crippen LogP contribution in [0.2, 0.25) is 0 Å². The van der Waals surface area contributed by atoms with Crippen LogP contribution in [0.5, 0.6) is 0 Å². The predicted molar refractivity (Wildman–Crippen MR) is 54.4 cm³/mol. The number of aliphatic hydroxyl groups excluding tert-OH is 1. The van der Waals surface area contributed by atoms with Gasteiger partial charge in [-0.05, 0) is 13.8 Å². The first-order chi connectivity index (χ1) is 7.81. The molecule has 0 amide bonds. The van der Waals surface area contributed by atoms with Crippen molar-refractivity contribution < 1.29 is 22.7 Å². The Kier molecular flexibility index (Phi) is 4.53. The molecule has 0 radical (unpaired) electrons. The van der Waals surface area contributed by atoms with Crippen molar-refractivity contribution >= 4 is 0 Å². The summed E-state index contributed by atoms with van der Waals surface area (Å²) < 4.78 is 41.9. The summed E-state index contributed by atoms with van der Waals surface area (Å²) >= 11 is 0. The van der Waals surface area contributed by atoms with Gasteiger partial charge in [-0.25, -0.2) is 4.98 Å². The first-order valence-electron chi connectivity index (χ1n) is 5.14. The fourth-order valence-corrected chi connectivity index (χ4v) is 1.41. The Balaban J connectivity index is 2.66. The molecule has 0 aliphatic rings. The maximum absolute atomic E-state index is 12.2. The van der Waals surface area contributed by atoms with Gasteiger partial charge in [-0.1, -0.05) is 0 Å².